The molecular weight excluding hydrogens is 370 g/mol. The van der Waals surface area contributed by atoms with Gasteiger partial charge in [-0.2, -0.15) is 0 Å². The lowest BCUT2D eigenvalue weighted by Crippen LogP contribution is -2.35. The Kier molecular flexibility index (Phi) is 5.59. The van der Waals surface area contributed by atoms with Gasteiger partial charge in [0.05, 0.1) is 16.9 Å². The van der Waals surface area contributed by atoms with Crippen molar-refractivity contribution < 1.29 is 14.3 Å². The number of amides is 1. The molecule has 2 aromatic rings. The molecule has 1 N–H and O–H groups in total. The van der Waals surface area contributed by atoms with E-state index in [0.717, 1.165) is 5.57 Å². The van der Waals surface area contributed by atoms with Crippen molar-refractivity contribution in [1.82, 2.24) is 14.9 Å². The normalized spacial score (nSPS) is 17.4. The lowest BCUT2D eigenvalue weighted by Gasteiger charge is -2.26. The Morgan fingerprint density at radius 3 is 2.72 bits per heavy atom. The molecule has 154 valence electrons. The summed E-state index contributed by atoms with van der Waals surface area (Å²) in [6, 6.07) is 4.79. The van der Waals surface area contributed by atoms with Crippen LogP contribution >= 0.6 is 0 Å². The van der Waals surface area contributed by atoms with Crippen molar-refractivity contribution in [3.63, 3.8) is 0 Å². The maximum absolute atomic E-state index is 13.4. The fourth-order valence-electron chi connectivity index (χ4n) is 3.65. The van der Waals surface area contributed by atoms with Crippen molar-refractivity contribution >= 4 is 22.8 Å². The highest BCUT2D eigenvalue weighted by Crippen LogP contribution is 2.28. The van der Waals surface area contributed by atoms with Gasteiger partial charge in [0.1, 0.15) is 11.4 Å². The van der Waals surface area contributed by atoms with Gasteiger partial charge in [0.2, 0.25) is 0 Å². The smallest absolute Gasteiger partial charge is 0.407 e. The van der Waals surface area contributed by atoms with Gasteiger partial charge >= 0.3 is 6.09 Å². The van der Waals surface area contributed by atoms with Crippen LogP contribution in [0.4, 0.5) is 4.79 Å². The van der Waals surface area contributed by atoms with Crippen LogP contribution in [0.2, 0.25) is 0 Å². The van der Waals surface area contributed by atoms with E-state index in [-0.39, 0.29) is 24.3 Å². The maximum Gasteiger partial charge on any atom is 0.407 e. The number of carbonyl (C=O) groups excluding carboxylic acids is 2. The van der Waals surface area contributed by atoms with Crippen LogP contribution in [0.1, 0.15) is 57.5 Å². The Labute approximate surface area is 169 Å². The number of hydrogen-bond acceptors (Lipinski definition) is 5. The fourth-order valence-corrected chi connectivity index (χ4v) is 3.65. The Morgan fingerprint density at radius 1 is 1.34 bits per heavy atom. The van der Waals surface area contributed by atoms with Gasteiger partial charge in [-0.05, 0) is 52.2 Å². The van der Waals surface area contributed by atoms with E-state index < -0.39 is 17.7 Å². The minimum atomic E-state index is -0.612. The zero-order valence-corrected chi connectivity index (χ0v) is 17.4. The molecule has 7 heteroatoms. The van der Waals surface area contributed by atoms with Crippen LogP contribution < -0.4 is 10.9 Å². The van der Waals surface area contributed by atoms with Gasteiger partial charge in [-0.15, -0.1) is 0 Å². The molecule has 3 rings (SSSR count). The van der Waals surface area contributed by atoms with Crippen LogP contribution in [0.15, 0.2) is 35.1 Å². The molecule has 0 bridgehead atoms. The Morgan fingerprint density at radius 2 is 2.07 bits per heavy atom. The molecule has 7 nitrogen and oxygen atoms in total. The number of ketones is 1. The summed E-state index contributed by atoms with van der Waals surface area (Å²) in [5.74, 6) is 0.488. The van der Waals surface area contributed by atoms with E-state index in [0.29, 0.717) is 35.1 Å². The van der Waals surface area contributed by atoms with Gasteiger partial charge in [0.25, 0.3) is 5.56 Å². The Hall–Kier alpha value is -2.96. The summed E-state index contributed by atoms with van der Waals surface area (Å²) < 4.78 is 6.76. The predicted octanol–water partition coefficient (Wildman–Crippen LogP) is 3.58. The second-order valence-corrected chi connectivity index (χ2v) is 8.45. The highest BCUT2D eigenvalue weighted by atomic mass is 16.6. The third-order valence-corrected chi connectivity index (χ3v) is 4.89. The van der Waals surface area contributed by atoms with E-state index in [1.807, 2.05) is 0 Å². The van der Waals surface area contributed by atoms with E-state index in [1.54, 1.807) is 45.9 Å². The second-order valence-electron chi connectivity index (χ2n) is 8.45. The first kappa shape index (κ1) is 20.8. The largest absolute Gasteiger partial charge is 0.444 e. The molecule has 0 radical (unpaired) electrons. The number of allylic oxidation sites excluding steroid dienone is 1. The Balaban J connectivity index is 1.99. The molecule has 1 amide bonds. The first-order valence-corrected chi connectivity index (χ1v) is 9.74. The molecule has 0 saturated heterocycles. The molecule has 1 fully saturated rings. The molecule has 29 heavy (non-hydrogen) atoms. The third kappa shape index (κ3) is 4.55. The number of carbonyl (C=O) groups is 2. The zero-order chi connectivity index (χ0) is 21.3. The van der Waals surface area contributed by atoms with Crippen LogP contribution in [-0.4, -0.2) is 27.0 Å². The van der Waals surface area contributed by atoms with Crippen molar-refractivity contribution in [3.05, 3.63) is 52.1 Å². The Bertz CT molecular complexity index is 1050. The van der Waals surface area contributed by atoms with Crippen molar-refractivity contribution in [2.75, 3.05) is 0 Å². The summed E-state index contributed by atoms with van der Waals surface area (Å²) >= 11 is 0. The van der Waals surface area contributed by atoms with Gasteiger partial charge in [0, 0.05) is 13.0 Å². The quantitative estimate of drug-likeness (QED) is 0.800. The summed E-state index contributed by atoms with van der Waals surface area (Å²) in [6.07, 6.45) is 0.985. The number of hydrogen-bond donors (Lipinski definition) is 1. The van der Waals surface area contributed by atoms with Gasteiger partial charge in [-0.1, -0.05) is 24.3 Å². The van der Waals surface area contributed by atoms with E-state index in [1.165, 1.54) is 4.57 Å². The summed E-state index contributed by atoms with van der Waals surface area (Å²) in [5, 5.41) is 3.10. The van der Waals surface area contributed by atoms with E-state index >= 15 is 0 Å². The summed E-state index contributed by atoms with van der Waals surface area (Å²) in [7, 11) is 0. The van der Waals surface area contributed by atoms with Crippen molar-refractivity contribution in [1.29, 1.82) is 0 Å². The standard InChI is InChI=1S/C22H27N3O4/c1-13-9-10-17(18(26)11-13)25-14(2)24-16-8-6-7-15(19(16)20(25)27)12-23-21(28)29-22(3,4)5/h6-8,17H,1,9-12H2,2-5H3,(H,23,28). The number of aromatic nitrogens is 2. The molecule has 1 atom stereocenters. The number of nitrogens with zero attached hydrogens (tertiary/aromatic N) is 2. The molecule has 0 spiro atoms. The molecule has 0 aliphatic heterocycles. The number of fused-ring (bicyclic) bond motifs is 1. The predicted molar refractivity (Wildman–Crippen MR) is 111 cm³/mol. The molecule has 1 aromatic heterocycles. The molecular formula is C22H27N3O4. The van der Waals surface area contributed by atoms with Gasteiger partial charge in [-0.25, -0.2) is 9.78 Å². The average Bonchev–Trinajstić information content (AvgIpc) is 2.60. The van der Waals surface area contributed by atoms with Crippen molar-refractivity contribution in [2.45, 2.75) is 65.1 Å². The van der Waals surface area contributed by atoms with E-state index in [2.05, 4.69) is 16.9 Å². The number of rotatable bonds is 3. The van der Waals surface area contributed by atoms with E-state index in [9.17, 15) is 14.4 Å². The third-order valence-electron chi connectivity index (χ3n) is 4.89. The van der Waals surface area contributed by atoms with Crippen molar-refractivity contribution in [3.8, 4) is 0 Å². The highest BCUT2D eigenvalue weighted by molar-refractivity contribution is 5.87. The van der Waals surface area contributed by atoms with Crippen molar-refractivity contribution in [2.24, 2.45) is 0 Å². The molecule has 1 aliphatic carbocycles. The summed E-state index contributed by atoms with van der Waals surface area (Å²) in [6.45, 7) is 11.1. The molecule has 1 aromatic carbocycles. The first-order chi connectivity index (χ1) is 13.6. The molecule has 1 unspecified atom stereocenters. The van der Waals surface area contributed by atoms with Crippen LogP contribution in [0, 0.1) is 6.92 Å². The number of nitrogens with one attached hydrogen (secondary N) is 1. The number of aryl methyl sites for hydroxylation is 1. The number of Topliss-reactive ketones (excluding diaryl/α,β-unsaturated/α-hetero) is 1. The molecule has 1 aliphatic rings. The first-order valence-electron chi connectivity index (χ1n) is 9.74. The topological polar surface area (TPSA) is 90.3 Å². The highest BCUT2D eigenvalue weighted by Gasteiger charge is 2.29. The van der Waals surface area contributed by atoms with Crippen LogP contribution in [-0.2, 0) is 16.1 Å². The lowest BCUT2D eigenvalue weighted by molar-refractivity contribution is -0.122. The number of ether oxygens (including phenoxy) is 1. The average molecular weight is 397 g/mol. The molecule has 1 saturated carbocycles. The monoisotopic (exact) mass is 397 g/mol. The lowest BCUT2D eigenvalue weighted by atomic mass is 9.90. The second kappa shape index (κ2) is 7.81. The van der Waals surface area contributed by atoms with Gasteiger partial charge < -0.3 is 10.1 Å². The fraction of sp³-hybridized carbons (Fsp3) is 0.455. The minimum absolute atomic E-state index is 0.0167. The van der Waals surface area contributed by atoms with Crippen LogP contribution in [0.3, 0.4) is 0 Å². The van der Waals surface area contributed by atoms with Crippen LogP contribution in [0.25, 0.3) is 10.9 Å². The minimum Gasteiger partial charge on any atom is -0.444 e. The summed E-state index contributed by atoms with van der Waals surface area (Å²) in [4.78, 5) is 42.5. The van der Waals surface area contributed by atoms with Crippen LogP contribution in [0.5, 0.6) is 0 Å². The zero-order valence-electron chi connectivity index (χ0n) is 17.4. The summed E-state index contributed by atoms with van der Waals surface area (Å²) in [5.41, 5.74) is 1.19. The maximum atomic E-state index is 13.4. The number of alkyl carbamates (subject to hydrolysis) is 1. The number of benzene rings is 1. The van der Waals surface area contributed by atoms with Gasteiger partial charge in [-0.3, -0.25) is 14.2 Å². The SMILES string of the molecule is C=C1CCC(n2c(C)nc3cccc(CNC(=O)OC(C)(C)C)c3c2=O)C(=O)C1. The van der Waals surface area contributed by atoms with Gasteiger partial charge in [0.15, 0.2) is 5.78 Å². The molecule has 1 heterocycles. The van der Waals surface area contributed by atoms with E-state index in [4.69, 9.17) is 4.74 Å².